The van der Waals surface area contributed by atoms with Gasteiger partial charge >= 0.3 is 6.03 Å². The number of amides is 2. The number of carbonyl (C=O) groups is 1. The van der Waals surface area contributed by atoms with E-state index in [9.17, 15) is 4.79 Å². The third kappa shape index (κ3) is 3.43. The van der Waals surface area contributed by atoms with E-state index in [0.29, 0.717) is 13.2 Å². The number of carbonyl (C=O) groups excluding carboxylic acids is 1. The van der Waals surface area contributed by atoms with E-state index in [4.69, 9.17) is 4.74 Å². The number of aromatic nitrogens is 1. The van der Waals surface area contributed by atoms with Crippen LogP contribution < -0.4 is 5.32 Å². The molecule has 0 aromatic carbocycles. The Hall–Kier alpha value is -1.62. The Morgan fingerprint density at radius 1 is 1.61 bits per heavy atom. The van der Waals surface area contributed by atoms with Crippen molar-refractivity contribution < 1.29 is 9.53 Å². The van der Waals surface area contributed by atoms with Gasteiger partial charge in [-0.2, -0.15) is 0 Å². The summed E-state index contributed by atoms with van der Waals surface area (Å²) in [6.07, 6.45) is 0.891. The number of ether oxygens (including phenoxy) is 1. The highest BCUT2D eigenvalue weighted by molar-refractivity contribution is 5.74. The van der Waals surface area contributed by atoms with Gasteiger partial charge in [0.15, 0.2) is 0 Å². The van der Waals surface area contributed by atoms with Gasteiger partial charge in [0.2, 0.25) is 0 Å². The first kappa shape index (κ1) is 12.8. The molecule has 0 saturated carbocycles. The molecular weight excluding hydrogens is 230 g/mol. The molecule has 1 fully saturated rings. The van der Waals surface area contributed by atoms with Gasteiger partial charge in [0.25, 0.3) is 0 Å². The van der Waals surface area contributed by atoms with E-state index in [1.165, 1.54) is 0 Å². The molecule has 2 heterocycles. The Labute approximate surface area is 107 Å². The maximum atomic E-state index is 11.9. The lowest BCUT2D eigenvalue weighted by molar-refractivity contribution is 0.181. The number of hydrogen-bond acceptors (Lipinski definition) is 3. The summed E-state index contributed by atoms with van der Waals surface area (Å²) in [5, 5.41) is 2.95. The second-order valence-electron chi connectivity index (χ2n) is 4.64. The van der Waals surface area contributed by atoms with Gasteiger partial charge in [-0.1, -0.05) is 6.07 Å². The minimum Gasteiger partial charge on any atom is -0.379 e. The van der Waals surface area contributed by atoms with Gasteiger partial charge in [-0.15, -0.1) is 0 Å². The van der Waals surface area contributed by atoms with Crippen LogP contribution in [0.5, 0.6) is 0 Å². The lowest BCUT2D eigenvalue weighted by Crippen LogP contribution is -2.43. The monoisotopic (exact) mass is 249 g/mol. The number of urea groups is 1. The summed E-state index contributed by atoms with van der Waals surface area (Å²) in [4.78, 5) is 17.9. The van der Waals surface area contributed by atoms with Crippen LogP contribution in [0, 0.1) is 6.92 Å². The van der Waals surface area contributed by atoms with E-state index in [0.717, 1.165) is 24.4 Å². The molecule has 0 bridgehead atoms. The quantitative estimate of drug-likeness (QED) is 0.879. The number of rotatable bonds is 3. The standard InChI is InChI=1S/C13H19N3O2/c1-10-4-3-5-11(14-10)8-16(2)13(17)15-12-6-7-18-9-12/h3-5,12H,6-9H2,1-2H3,(H,15,17). The Morgan fingerprint density at radius 3 is 3.11 bits per heavy atom. The largest absolute Gasteiger partial charge is 0.379 e. The molecule has 1 atom stereocenters. The van der Waals surface area contributed by atoms with Gasteiger partial charge in [-0.3, -0.25) is 4.98 Å². The average molecular weight is 249 g/mol. The minimum atomic E-state index is -0.0752. The third-order valence-corrected chi connectivity index (χ3v) is 2.95. The van der Waals surface area contributed by atoms with Crippen LogP contribution in [0.15, 0.2) is 18.2 Å². The summed E-state index contributed by atoms with van der Waals surface area (Å²) < 4.78 is 5.23. The molecule has 0 spiro atoms. The number of hydrogen-bond donors (Lipinski definition) is 1. The maximum absolute atomic E-state index is 11.9. The fourth-order valence-electron chi connectivity index (χ4n) is 1.94. The van der Waals surface area contributed by atoms with Gasteiger partial charge in [-0.05, 0) is 25.5 Å². The highest BCUT2D eigenvalue weighted by Gasteiger charge is 2.19. The van der Waals surface area contributed by atoms with E-state index < -0.39 is 0 Å². The molecular formula is C13H19N3O2. The number of pyridine rings is 1. The maximum Gasteiger partial charge on any atom is 0.317 e. The van der Waals surface area contributed by atoms with E-state index in [-0.39, 0.29) is 12.1 Å². The van der Waals surface area contributed by atoms with Crippen LogP contribution in [0.4, 0.5) is 4.79 Å². The first-order valence-electron chi connectivity index (χ1n) is 6.17. The molecule has 0 radical (unpaired) electrons. The van der Waals surface area contributed by atoms with Crippen LogP contribution >= 0.6 is 0 Å². The summed E-state index contributed by atoms with van der Waals surface area (Å²) >= 11 is 0. The summed E-state index contributed by atoms with van der Waals surface area (Å²) in [6, 6.07) is 5.89. The van der Waals surface area contributed by atoms with Crippen molar-refractivity contribution in [2.24, 2.45) is 0 Å². The molecule has 98 valence electrons. The number of nitrogens with one attached hydrogen (secondary N) is 1. The molecule has 1 aromatic heterocycles. The molecule has 5 nitrogen and oxygen atoms in total. The minimum absolute atomic E-state index is 0.0752. The smallest absolute Gasteiger partial charge is 0.317 e. The van der Waals surface area contributed by atoms with Crippen molar-refractivity contribution in [3.63, 3.8) is 0 Å². The van der Waals surface area contributed by atoms with Gasteiger partial charge in [0.05, 0.1) is 24.9 Å². The van der Waals surface area contributed by atoms with Crippen LogP contribution in [0.1, 0.15) is 17.8 Å². The summed E-state index contributed by atoms with van der Waals surface area (Å²) in [6.45, 7) is 3.80. The van der Waals surface area contributed by atoms with Crippen molar-refractivity contribution in [2.75, 3.05) is 20.3 Å². The van der Waals surface area contributed by atoms with Crippen LogP contribution in [0.25, 0.3) is 0 Å². The fourth-order valence-corrected chi connectivity index (χ4v) is 1.94. The molecule has 18 heavy (non-hydrogen) atoms. The zero-order valence-corrected chi connectivity index (χ0v) is 10.8. The van der Waals surface area contributed by atoms with Crippen molar-refractivity contribution in [3.05, 3.63) is 29.6 Å². The molecule has 1 N–H and O–H groups in total. The van der Waals surface area contributed by atoms with Crippen molar-refractivity contribution in [3.8, 4) is 0 Å². The fraction of sp³-hybridized carbons (Fsp3) is 0.538. The van der Waals surface area contributed by atoms with Crippen molar-refractivity contribution in [1.29, 1.82) is 0 Å². The predicted octanol–water partition coefficient (Wildman–Crippen LogP) is 1.32. The lowest BCUT2D eigenvalue weighted by atomic mass is 10.2. The van der Waals surface area contributed by atoms with Gasteiger partial charge in [-0.25, -0.2) is 4.79 Å². The van der Waals surface area contributed by atoms with Gasteiger partial charge < -0.3 is 15.0 Å². The second kappa shape index (κ2) is 5.82. The van der Waals surface area contributed by atoms with Crippen LogP contribution in [0.3, 0.4) is 0 Å². The highest BCUT2D eigenvalue weighted by Crippen LogP contribution is 2.06. The zero-order valence-electron chi connectivity index (χ0n) is 10.8. The third-order valence-electron chi connectivity index (χ3n) is 2.95. The SMILES string of the molecule is Cc1cccc(CN(C)C(=O)NC2CCOC2)n1. The summed E-state index contributed by atoms with van der Waals surface area (Å²) in [7, 11) is 1.77. The zero-order chi connectivity index (χ0) is 13.0. The van der Waals surface area contributed by atoms with Crippen molar-refractivity contribution in [1.82, 2.24) is 15.2 Å². The van der Waals surface area contributed by atoms with Crippen LogP contribution in [0.2, 0.25) is 0 Å². The molecule has 0 aliphatic carbocycles. The molecule has 1 unspecified atom stereocenters. The Kier molecular flexibility index (Phi) is 4.15. The van der Waals surface area contributed by atoms with Crippen molar-refractivity contribution >= 4 is 6.03 Å². The summed E-state index contributed by atoms with van der Waals surface area (Å²) in [5.74, 6) is 0. The molecule has 1 saturated heterocycles. The van der Waals surface area contributed by atoms with Crippen LogP contribution in [-0.4, -0.2) is 42.2 Å². The van der Waals surface area contributed by atoms with Crippen molar-refractivity contribution in [2.45, 2.75) is 25.9 Å². The number of nitrogens with zero attached hydrogens (tertiary/aromatic N) is 2. The average Bonchev–Trinajstić information content (AvgIpc) is 2.81. The highest BCUT2D eigenvalue weighted by atomic mass is 16.5. The molecule has 2 amide bonds. The van der Waals surface area contributed by atoms with E-state index in [1.54, 1.807) is 11.9 Å². The molecule has 2 rings (SSSR count). The Balaban J connectivity index is 1.86. The number of aryl methyl sites for hydroxylation is 1. The first-order chi connectivity index (χ1) is 8.65. The molecule has 1 aromatic rings. The van der Waals surface area contributed by atoms with Gasteiger partial charge in [0.1, 0.15) is 0 Å². The normalized spacial score (nSPS) is 18.7. The van der Waals surface area contributed by atoms with Gasteiger partial charge in [0, 0.05) is 19.3 Å². The molecule has 1 aliphatic heterocycles. The first-order valence-corrected chi connectivity index (χ1v) is 6.17. The Morgan fingerprint density at radius 2 is 2.44 bits per heavy atom. The second-order valence-corrected chi connectivity index (χ2v) is 4.64. The Bertz CT molecular complexity index is 416. The van der Waals surface area contributed by atoms with E-state index in [1.807, 2.05) is 25.1 Å². The summed E-state index contributed by atoms with van der Waals surface area (Å²) in [5.41, 5.74) is 1.86. The van der Waals surface area contributed by atoms with E-state index >= 15 is 0 Å². The predicted molar refractivity (Wildman–Crippen MR) is 68.2 cm³/mol. The molecule has 1 aliphatic rings. The lowest BCUT2D eigenvalue weighted by Gasteiger charge is -2.20. The topological polar surface area (TPSA) is 54.5 Å². The molecule has 5 heteroatoms. The van der Waals surface area contributed by atoms with Crippen LogP contribution in [-0.2, 0) is 11.3 Å². The van der Waals surface area contributed by atoms with E-state index in [2.05, 4.69) is 10.3 Å².